The molecule has 1 N–H and O–H groups in total. The maximum absolute atomic E-state index is 13.3. The molecular formula is C22H29ClN2O6S. The van der Waals surface area contributed by atoms with Crippen molar-refractivity contribution in [3.8, 4) is 17.2 Å². The molecule has 32 heavy (non-hydrogen) atoms. The molecule has 0 fully saturated rings. The molecule has 2 atom stereocenters. The number of carbonyl (C=O) groups is 1. The molecule has 0 bridgehead atoms. The highest BCUT2D eigenvalue weighted by Gasteiger charge is 2.34. The van der Waals surface area contributed by atoms with Crippen molar-refractivity contribution in [3.05, 3.63) is 47.0 Å². The Morgan fingerprint density at radius 2 is 1.69 bits per heavy atom. The van der Waals surface area contributed by atoms with Gasteiger partial charge < -0.3 is 19.5 Å². The Bertz CT molecular complexity index is 1060. The highest BCUT2D eigenvalue weighted by Crippen LogP contribution is 2.35. The van der Waals surface area contributed by atoms with E-state index in [1.54, 1.807) is 51.3 Å². The van der Waals surface area contributed by atoms with Crippen molar-refractivity contribution in [3.63, 3.8) is 0 Å². The van der Waals surface area contributed by atoms with Gasteiger partial charge in [-0.2, -0.15) is 0 Å². The average molecular weight is 485 g/mol. The van der Waals surface area contributed by atoms with Crippen LogP contribution in [0.25, 0.3) is 0 Å². The van der Waals surface area contributed by atoms with Crippen LogP contribution < -0.4 is 23.8 Å². The number of benzene rings is 2. The zero-order valence-corrected chi connectivity index (χ0v) is 20.6. The van der Waals surface area contributed by atoms with E-state index in [-0.39, 0.29) is 17.9 Å². The van der Waals surface area contributed by atoms with Gasteiger partial charge in [0.05, 0.1) is 39.3 Å². The van der Waals surface area contributed by atoms with Crippen LogP contribution in [0.15, 0.2) is 36.4 Å². The van der Waals surface area contributed by atoms with E-state index in [0.717, 1.165) is 10.6 Å². The summed E-state index contributed by atoms with van der Waals surface area (Å²) in [4.78, 5) is 13.3. The molecule has 10 heteroatoms. The monoisotopic (exact) mass is 484 g/mol. The summed E-state index contributed by atoms with van der Waals surface area (Å²) in [6.07, 6.45) is 1.26. The lowest BCUT2D eigenvalue weighted by atomic mass is 10.1. The number of halogens is 1. The Kier molecular flexibility index (Phi) is 8.63. The molecule has 0 saturated heterocycles. The summed E-state index contributed by atoms with van der Waals surface area (Å²) in [7, 11) is 0.643. The number of nitrogens with one attached hydrogen (secondary N) is 1. The molecule has 0 aliphatic rings. The number of sulfonamides is 1. The van der Waals surface area contributed by atoms with Crippen LogP contribution in [0, 0.1) is 0 Å². The Morgan fingerprint density at radius 3 is 2.22 bits per heavy atom. The highest BCUT2D eigenvalue weighted by atomic mass is 35.5. The van der Waals surface area contributed by atoms with Crippen LogP contribution >= 0.6 is 11.6 Å². The third-order valence-electron chi connectivity index (χ3n) is 4.97. The lowest BCUT2D eigenvalue weighted by Crippen LogP contribution is -2.49. The molecule has 2 aromatic carbocycles. The number of hydrogen-bond acceptors (Lipinski definition) is 6. The summed E-state index contributed by atoms with van der Waals surface area (Å²) < 4.78 is 42.6. The van der Waals surface area contributed by atoms with E-state index in [0.29, 0.717) is 22.1 Å². The predicted octanol–water partition coefficient (Wildman–Crippen LogP) is 3.79. The van der Waals surface area contributed by atoms with E-state index in [1.165, 1.54) is 20.3 Å². The molecule has 2 aromatic rings. The maximum atomic E-state index is 13.3. The molecule has 8 nitrogen and oxygen atoms in total. The summed E-state index contributed by atoms with van der Waals surface area (Å²) in [6.45, 7) is 3.52. The van der Waals surface area contributed by atoms with E-state index >= 15 is 0 Å². The van der Waals surface area contributed by atoms with E-state index < -0.39 is 28.0 Å². The molecule has 2 rings (SSSR count). The number of ether oxygens (including phenoxy) is 3. The summed E-state index contributed by atoms with van der Waals surface area (Å²) in [5.41, 5.74) is 0.886. The van der Waals surface area contributed by atoms with Crippen molar-refractivity contribution in [2.24, 2.45) is 0 Å². The SMILES string of the molecule is CCC(C(=O)NC(C)c1cc(OC)ccc1OC)N(c1cc(Cl)ccc1OC)S(C)(=O)=O. The average Bonchev–Trinajstić information content (AvgIpc) is 2.75. The Balaban J connectivity index is 2.45. The quantitative estimate of drug-likeness (QED) is 0.551. The van der Waals surface area contributed by atoms with E-state index in [4.69, 9.17) is 25.8 Å². The number of nitrogens with zero attached hydrogens (tertiary/aromatic N) is 1. The van der Waals surface area contributed by atoms with Crippen LogP contribution in [-0.4, -0.2) is 48.0 Å². The number of rotatable bonds is 10. The zero-order chi connectivity index (χ0) is 24.1. The van der Waals surface area contributed by atoms with E-state index in [9.17, 15) is 13.2 Å². The van der Waals surface area contributed by atoms with Crippen LogP contribution in [0.1, 0.15) is 31.9 Å². The van der Waals surface area contributed by atoms with Crippen LogP contribution in [0.5, 0.6) is 17.2 Å². The first kappa shape index (κ1) is 25.6. The number of amides is 1. The molecule has 1 amide bonds. The number of carbonyl (C=O) groups excluding carboxylic acids is 1. The summed E-state index contributed by atoms with van der Waals surface area (Å²) in [6, 6.07) is 8.36. The summed E-state index contributed by atoms with van der Waals surface area (Å²) in [5, 5.41) is 3.21. The third-order valence-corrected chi connectivity index (χ3v) is 6.37. The molecule has 0 saturated carbocycles. The predicted molar refractivity (Wildman–Crippen MR) is 126 cm³/mol. The van der Waals surface area contributed by atoms with Crippen molar-refractivity contribution >= 4 is 33.2 Å². The van der Waals surface area contributed by atoms with Crippen LogP contribution in [0.2, 0.25) is 5.02 Å². The fraction of sp³-hybridized carbons (Fsp3) is 0.409. The Labute approximate surface area is 194 Å². The first-order valence-electron chi connectivity index (χ1n) is 9.92. The first-order chi connectivity index (χ1) is 15.1. The van der Waals surface area contributed by atoms with Crippen LogP contribution in [0.4, 0.5) is 5.69 Å². The number of hydrogen-bond donors (Lipinski definition) is 1. The Hall–Kier alpha value is -2.65. The maximum Gasteiger partial charge on any atom is 0.244 e. The summed E-state index contributed by atoms with van der Waals surface area (Å²) in [5.74, 6) is 0.990. The molecule has 0 aliphatic carbocycles. The van der Waals surface area contributed by atoms with Gasteiger partial charge in [0.2, 0.25) is 15.9 Å². The van der Waals surface area contributed by atoms with Gasteiger partial charge >= 0.3 is 0 Å². The number of methoxy groups -OCH3 is 3. The largest absolute Gasteiger partial charge is 0.497 e. The first-order valence-corrected chi connectivity index (χ1v) is 12.1. The molecule has 176 valence electrons. The minimum absolute atomic E-state index is 0.191. The fourth-order valence-corrected chi connectivity index (χ4v) is 4.81. The molecule has 0 aromatic heterocycles. The molecule has 0 aliphatic heterocycles. The second-order valence-electron chi connectivity index (χ2n) is 7.14. The van der Waals surface area contributed by atoms with Gasteiger partial charge in [0.25, 0.3) is 0 Å². The number of anilines is 1. The van der Waals surface area contributed by atoms with Crippen molar-refractivity contribution in [1.29, 1.82) is 0 Å². The van der Waals surface area contributed by atoms with Crippen LogP contribution in [0.3, 0.4) is 0 Å². The smallest absolute Gasteiger partial charge is 0.244 e. The van der Waals surface area contributed by atoms with Gasteiger partial charge in [-0.05, 0) is 49.7 Å². The highest BCUT2D eigenvalue weighted by molar-refractivity contribution is 7.92. The zero-order valence-electron chi connectivity index (χ0n) is 19.0. The van der Waals surface area contributed by atoms with Gasteiger partial charge in [0.15, 0.2) is 0 Å². The lowest BCUT2D eigenvalue weighted by Gasteiger charge is -2.32. The molecule has 0 radical (unpaired) electrons. The minimum Gasteiger partial charge on any atom is -0.497 e. The van der Waals surface area contributed by atoms with E-state index in [2.05, 4.69) is 5.32 Å². The van der Waals surface area contributed by atoms with Gasteiger partial charge in [-0.15, -0.1) is 0 Å². The lowest BCUT2D eigenvalue weighted by molar-refractivity contribution is -0.122. The Morgan fingerprint density at radius 1 is 1.06 bits per heavy atom. The van der Waals surface area contributed by atoms with Gasteiger partial charge in [-0.25, -0.2) is 8.42 Å². The minimum atomic E-state index is -3.86. The van der Waals surface area contributed by atoms with Gasteiger partial charge in [-0.3, -0.25) is 9.10 Å². The topological polar surface area (TPSA) is 94.2 Å². The molecule has 0 heterocycles. The van der Waals surface area contributed by atoms with Gasteiger partial charge in [0.1, 0.15) is 23.3 Å². The van der Waals surface area contributed by atoms with Crippen molar-refractivity contribution in [1.82, 2.24) is 5.32 Å². The second-order valence-corrected chi connectivity index (χ2v) is 9.43. The normalized spacial score (nSPS) is 13.1. The van der Waals surface area contributed by atoms with Gasteiger partial charge in [0, 0.05) is 10.6 Å². The molecule has 0 spiro atoms. The summed E-state index contributed by atoms with van der Waals surface area (Å²) >= 11 is 6.12. The van der Waals surface area contributed by atoms with E-state index in [1.807, 2.05) is 0 Å². The van der Waals surface area contributed by atoms with Crippen molar-refractivity contribution in [2.45, 2.75) is 32.4 Å². The molecule has 2 unspecified atom stereocenters. The van der Waals surface area contributed by atoms with Crippen LogP contribution in [-0.2, 0) is 14.8 Å². The van der Waals surface area contributed by atoms with Gasteiger partial charge in [-0.1, -0.05) is 18.5 Å². The molecular weight excluding hydrogens is 456 g/mol. The standard InChI is InChI=1S/C22H29ClN2O6S/c1-7-18(25(32(6,27)28)19-12-15(23)8-10-21(19)31-5)22(26)24-14(2)17-13-16(29-3)9-11-20(17)30-4/h8-14,18H,7H2,1-6H3,(H,24,26). The van der Waals surface area contributed by atoms with Crippen molar-refractivity contribution < 1.29 is 27.4 Å². The second kappa shape index (κ2) is 10.8. The van der Waals surface area contributed by atoms with Crippen molar-refractivity contribution in [2.75, 3.05) is 31.9 Å². The third kappa shape index (κ3) is 5.77. The fourth-order valence-electron chi connectivity index (χ4n) is 3.44.